The Morgan fingerprint density at radius 1 is 1.61 bits per heavy atom. The maximum atomic E-state index is 11.9. The second-order valence-electron chi connectivity index (χ2n) is 4.41. The standard InChI is InChI=1S/C12H13ClN2O3/c1-2-7-6-10(7)14-12(16)8-3-4-11(15(17)18)9(13)5-8/h3-5,7,10H,2,6H2,1H3,(H,14,16). The van der Waals surface area contributed by atoms with Gasteiger partial charge in [-0.2, -0.15) is 0 Å². The van der Waals surface area contributed by atoms with Crippen molar-refractivity contribution in [3.8, 4) is 0 Å². The molecular formula is C12H13ClN2O3. The minimum atomic E-state index is -0.571. The Bertz CT molecular complexity index is 504. The van der Waals surface area contributed by atoms with E-state index in [1.165, 1.54) is 18.2 Å². The SMILES string of the molecule is CCC1CC1NC(=O)c1ccc([N+](=O)[O-])c(Cl)c1. The fourth-order valence-electron chi connectivity index (χ4n) is 1.92. The highest BCUT2D eigenvalue weighted by molar-refractivity contribution is 6.33. The number of amides is 1. The van der Waals surface area contributed by atoms with Crippen LogP contribution in [0, 0.1) is 16.0 Å². The zero-order chi connectivity index (χ0) is 13.3. The van der Waals surface area contributed by atoms with E-state index in [9.17, 15) is 14.9 Å². The largest absolute Gasteiger partial charge is 0.349 e. The average Bonchev–Trinajstić information content (AvgIpc) is 3.06. The average molecular weight is 269 g/mol. The lowest BCUT2D eigenvalue weighted by Crippen LogP contribution is -2.26. The molecule has 0 aromatic heterocycles. The van der Waals surface area contributed by atoms with Crippen LogP contribution < -0.4 is 5.32 Å². The zero-order valence-electron chi connectivity index (χ0n) is 9.85. The molecule has 2 unspecified atom stereocenters. The smallest absolute Gasteiger partial charge is 0.287 e. The molecule has 1 saturated carbocycles. The molecule has 5 nitrogen and oxygen atoms in total. The van der Waals surface area contributed by atoms with Crippen LogP contribution in [-0.2, 0) is 0 Å². The van der Waals surface area contributed by atoms with Crippen LogP contribution in [-0.4, -0.2) is 16.9 Å². The van der Waals surface area contributed by atoms with Crippen LogP contribution >= 0.6 is 11.6 Å². The maximum absolute atomic E-state index is 11.9. The summed E-state index contributed by atoms with van der Waals surface area (Å²) in [7, 11) is 0. The van der Waals surface area contributed by atoms with Crippen LogP contribution in [0.25, 0.3) is 0 Å². The van der Waals surface area contributed by atoms with Gasteiger partial charge >= 0.3 is 0 Å². The minimum absolute atomic E-state index is 0.0181. The molecule has 2 atom stereocenters. The number of hydrogen-bond acceptors (Lipinski definition) is 3. The van der Waals surface area contributed by atoms with E-state index >= 15 is 0 Å². The van der Waals surface area contributed by atoms with E-state index in [1.807, 2.05) is 0 Å². The highest BCUT2D eigenvalue weighted by atomic mass is 35.5. The summed E-state index contributed by atoms with van der Waals surface area (Å²) in [5, 5.41) is 13.5. The van der Waals surface area contributed by atoms with E-state index < -0.39 is 4.92 Å². The fraction of sp³-hybridized carbons (Fsp3) is 0.417. The third kappa shape index (κ3) is 2.61. The van der Waals surface area contributed by atoms with Crippen molar-refractivity contribution < 1.29 is 9.72 Å². The summed E-state index contributed by atoms with van der Waals surface area (Å²) in [5.41, 5.74) is 0.165. The number of rotatable bonds is 4. The predicted octanol–water partition coefficient (Wildman–Crippen LogP) is 2.78. The second kappa shape index (κ2) is 4.94. The summed E-state index contributed by atoms with van der Waals surface area (Å²) in [6.45, 7) is 2.08. The van der Waals surface area contributed by atoms with Gasteiger partial charge in [-0.3, -0.25) is 14.9 Å². The van der Waals surface area contributed by atoms with E-state index in [0.717, 1.165) is 12.8 Å². The van der Waals surface area contributed by atoms with Gasteiger partial charge < -0.3 is 5.32 Å². The van der Waals surface area contributed by atoms with E-state index in [-0.39, 0.29) is 22.7 Å². The molecule has 96 valence electrons. The van der Waals surface area contributed by atoms with Gasteiger partial charge in [-0.05, 0) is 24.5 Å². The summed E-state index contributed by atoms with van der Waals surface area (Å²) >= 11 is 5.75. The van der Waals surface area contributed by atoms with Crippen LogP contribution in [0.1, 0.15) is 30.1 Å². The molecule has 1 fully saturated rings. The monoisotopic (exact) mass is 268 g/mol. The molecule has 1 aliphatic rings. The van der Waals surface area contributed by atoms with Gasteiger partial charge in [0.05, 0.1) is 4.92 Å². The van der Waals surface area contributed by atoms with Crippen LogP contribution in [0.3, 0.4) is 0 Å². The van der Waals surface area contributed by atoms with Gasteiger partial charge in [0, 0.05) is 17.7 Å². The summed E-state index contributed by atoms with van der Waals surface area (Å²) in [6.07, 6.45) is 2.05. The van der Waals surface area contributed by atoms with Gasteiger partial charge in [0.15, 0.2) is 0 Å². The first kappa shape index (κ1) is 12.8. The first-order valence-corrected chi connectivity index (χ1v) is 6.15. The van der Waals surface area contributed by atoms with Crippen LogP contribution in [0.2, 0.25) is 5.02 Å². The number of benzene rings is 1. The van der Waals surface area contributed by atoms with Gasteiger partial charge in [-0.1, -0.05) is 24.9 Å². The Morgan fingerprint density at radius 2 is 2.33 bits per heavy atom. The van der Waals surface area contributed by atoms with Crippen molar-refractivity contribution in [1.29, 1.82) is 0 Å². The van der Waals surface area contributed by atoms with Gasteiger partial charge in [-0.25, -0.2) is 0 Å². The van der Waals surface area contributed by atoms with E-state index in [0.29, 0.717) is 11.5 Å². The van der Waals surface area contributed by atoms with Crippen LogP contribution in [0.15, 0.2) is 18.2 Å². The predicted molar refractivity (Wildman–Crippen MR) is 67.8 cm³/mol. The number of nitro groups is 1. The number of hydrogen-bond donors (Lipinski definition) is 1. The molecule has 1 aromatic carbocycles. The topological polar surface area (TPSA) is 72.2 Å². The number of nitro benzene ring substituents is 1. The van der Waals surface area contributed by atoms with Gasteiger partial charge in [0.2, 0.25) is 0 Å². The third-order valence-corrected chi connectivity index (χ3v) is 3.47. The second-order valence-corrected chi connectivity index (χ2v) is 4.81. The Hall–Kier alpha value is -1.62. The van der Waals surface area contributed by atoms with E-state index in [2.05, 4.69) is 12.2 Å². The maximum Gasteiger partial charge on any atom is 0.287 e. The molecule has 2 rings (SSSR count). The van der Waals surface area contributed by atoms with Crippen LogP contribution in [0.5, 0.6) is 0 Å². The molecule has 1 aliphatic carbocycles. The van der Waals surface area contributed by atoms with E-state index in [4.69, 9.17) is 11.6 Å². The van der Waals surface area contributed by atoms with Crippen LogP contribution in [0.4, 0.5) is 5.69 Å². The first-order chi connectivity index (χ1) is 8.52. The molecule has 0 bridgehead atoms. The van der Waals surface area contributed by atoms with Crippen molar-refractivity contribution in [2.24, 2.45) is 5.92 Å². The molecule has 0 aliphatic heterocycles. The molecular weight excluding hydrogens is 256 g/mol. The molecule has 18 heavy (non-hydrogen) atoms. The molecule has 0 radical (unpaired) electrons. The number of halogens is 1. The summed E-state index contributed by atoms with van der Waals surface area (Å²) < 4.78 is 0. The molecule has 0 spiro atoms. The van der Waals surface area contributed by atoms with E-state index in [1.54, 1.807) is 0 Å². The molecule has 6 heteroatoms. The molecule has 0 heterocycles. The lowest BCUT2D eigenvalue weighted by atomic mass is 10.2. The van der Waals surface area contributed by atoms with Crippen molar-refractivity contribution in [1.82, 2.24) is 5.32 Å². The lowest BCUT2D eigenvalue weighted by molar-refractivity contribution is -0.384. The number of carbonyl (C=O) groups is 1. The Balaban J connectivity index is 2.07. The quantitative estimate of drug-likeness (QED) is 0.674. The Labute approximate surface area is 109 Å². The number of nitrogens with one attached hydrogen (secondary N) is 1. The molecule has 1 amide bonds. The summed E-state index contributed by atoms with van der Waals surface area (Å²) in [5.74, 6) is 0.329. The third-order valence-electron chi connectivity index (χ3n) is 3.17. The van der Waals surface area contributed by atoms with Gasteiger partial charge in [0.25, 0.3) is 11.6 Å². The minimum Gasteiger partial charge on any atom is -0.349 e. The highest BCUT2D eigenvalue weighted by Crippen LogP contribution is 2.33. The van der Waals surface area contributed by atoms with Crippen molar-refractivity contribution in [2.75, 3.05) is 0 Å². The first-order valence-electron chi connectivity index (χ1n) is 5.77. The zero-order valence-corrected chi connectivity index (χ0v) is 10.6. The fourth-order valence-corrected chi connectivity index (χ4v) is 2.17. The van der Waals surface area contributed by atoms with Crippen molar-refractivity contribution in [2.45, 2.75) is 25.8 Å². The molecule has 1 aromatic rings. The molecule has 1 N–H and O–H groups in total. The van der Waals surface area contributed by atoms with Crippen molar-refractivity contribution >= 4 is 23.2 Å². The lowest BCUT2D eigenvalue weighted by Gasteiger charge is -2.04. The number of carbonyl (C=O) groups excluding carboxylic acids is 1. The van der Waals surface area contributed by atoms with Crippen molar-refractivity contribution in [3.63, 3.8) is 0 Å². The number of nitrogens with zero attached hydrogens (tertiary/aromatic N) is 1. The summed E-state index contributed by atoms with van der Waals surface area (Å²) in [6, 6.07) is 4.24. The molecule has 0 saturated heterocycles. The Morgan fingerprint density at radius 3 is 2.83 bits per heavy atom. The Kier molecular flexibility index (Phi) is 3.52. The van der Waals surface area contributed by atoms with Crippen molar-refractivity contribution in [3.05, 3.63) is 38.9 Å². The highest BCUT2D eigenvalue weighted by Gasteiger charge is 2.36. The van der Waals surface area contributed by atoms with Gasteiger partial charge in [0.1, 0.15) is 5.02 Å². The van der Waals surface area contributed by atoms with Gasteiger partial charge in [-0.15, -0.1) is 0 Å². The summed E-state index contributed by atoms with van der Waals surface area (Å²) in [4.78, 5) is 21.9. The normalized spacial score (nSPS) is 21.4.